The van der Waals surface area contributed by atoms with Gasteiger partial charge in [-0.05, 0) is 54.4 Å². The first-order chi connectivity index (χ1) is 14.1. The molecule has 1 heterocycles. The summed E-state index contributed by atoms with van der Waals surface area (Å²) in [4.78, 5) is 12.7. The molecule has 4 heteroatoms. The van der Waals surface area contributed by atoms with Crippen LogP contribution in [0.15, 0.2) is 54.6 Å². The third-order valence-electron chi connectivity index (χ3n) is 5.60. The molecule has 0 amide bonds. The highest BCUT2D eigenvalue weighted by Crippen LogP contribution is 2.34. The van der Waals surface area contributed by atoms with Crippen molar-refractivity contribution in [2.45, 2.75) is 20.4 Å². The lowest BCUT2D eigenvalue weighted by Crippen LogP contribution is -2.14. The quantitative estimate of drug-likeness (QED) is 0.479. The number of aryl methyl sites for hydroxylation is 2. The van der Waals surface area contributed by atoms with Crippen molar-refractivity contribution in [3.63, 3.8) is 0 Å². The SMILES string of the molecule is CCOC(=O)c1c(CNC)n(C)c2cc(-c3ccc(C)c4ccccc34)ccc12. The van der Waals surface area contributed by atoms with E-state index >= 15 is 0 Å². The summed E-state index contributed by atoms with van der Waals surface area (Å²) in [6.07, 6.45) is 0. The maximum Gasteiger partial charge on any atom is 0.340 e. The van der Waals surface area contributed by atoms with Gasteiger partial charge in [0.05, 0.1) is 12.2 Å². The number of carbonyl (C=O) groups excluding carboxylic acids is 1. The number of aromatic nitrogens is 1. The minimum Gasteiger partial charge on any atom is -0.462 e. The van der Waals surface area contributed by atoms with Crippen molar-refractivity contribution in [1.29, 1.82) is 0 Å². The minimum absolute atomic E-state index is 0.267. The highest BCUT2D eigenvalue weighted by Gasteiger charge is 2.22. The molecule has 4 rings (SSSR count). The molecule has 0 spiro atoms. The van der Waals surface area contributed by atoms with Gasteiger partial charge in [0.2, 0.25) is 0 Å². The number of hydrogen-bond acceptors (Lipinski definition) is 3. The molecule has 4 nitrogen and oxygen atoms in total. The monoisotopic (exact) mass is 386 g/mol. The standard InChI is InChI=1S/C25H26N2O2/c1-5-29-25(28)24-21-13-11-17(14-22(21)27(4)23(24)15-26-3)19-12-10-16(2)18-8-6-7-9-20(18)19/h6-14,26H,5,15H2,1-4H3. The summed E-state index contributed by atoms with van der Waals surface area (Å²) in [6.45, 7) is 4.94. The van der Waals surface area contributed by atoms with E-state index in [0.717, 1.165) is 22.2 Å². The minimum atomic E-state index is -0.267. The number of esters is 1. The predicted molar refractivity (Wildman–Crippen MR) is 119 cm³/mol. The number of fused-ring (bicyclic) bond motifs is 2. The van der Waals surface area contributed by atoms with Gasteiger partial charge in [-0.25, -0.2) is 4.79 Å². The van der Waals surface area contributed by atoms with Gasteiger partial charge in [-0.3, -0.25) is 0 Å². The topological polar surface area (TPSA) is 43.3 Å². The number of benzene rings is 3. The molecule has 1 N–H and O–H groups in total. The van der Waals surface area contributed by atoms with Gasteiger partial charge in [-0.1, -0.05) is 48.5 Å². The largest absolute Gasteiger partial charge is 0.462 e. The molecule has 3 aromatic carbocycles. The van der Waals surface area contributed by atoms with Crippen LogP contribution in [0.25, 0.3) is 32.8 Å². The number of ether oxygens (including phenoxy) is 1. The van der Waals surface area contributed by atoms with E-state index in [1.807, 2.05) is 27.1 Å². The van der Waals surface area contributed by atoms with Gasteiger partial charge >= 0.3 is 5.97 Å². The summed E-state index contributed by atoms with van der Waals surface area (Å²) in [5.41, 5.74) is 6.22. The zero-order chi connectivity index (χ0) is 20.5. The summed E-state index contributed by atoms with van der Waals surface area (Å²) in [7, 11) is 3.89. The lowest BCUT2D eigenvalue weighted by Gasteiger charge is -2.10. The summed E-state index contributed by atoms with van der Waals surface area (Å²) < 4.78 is 7.44. The fourth-order valence-electron chi connectivity index (χ4n) is 4.16. The van der Waals surface area contributed by atoms with Crippen LogP contribution >= 0.6 is 0 Å². The molecule has 1 aromatic heterocycles. The Bertz CT molecular complexity index is 1220. The van der Waals surface area contributed by atoms with Gasteiger partial charge < -0.3 is 14.6 Å². The van der Waals surface area contributed by atoms with Crippen LogP contribution in [0.3, 0.4) is 0 Å². The predicted octanol–water partition coefficient (Wildman–Crippen LogP) is 5.20. The molecule has 29 heavy (non-hydrogen) atoms. The number of hydrogen-bond donors (Lipinski definition) is 1. The van der Waals surface area contributed by atoms with E-state index in [1.165, 1.54) is 21.9 Å². The first-order valence-corrected chi connectivity index (χ1v) is 9.98. The summed E-state index contributed by atoms with van der Waals surface area (Å²) in [6, 6.07) is 19.2. The van der Waals surface area contributed by atoms with Crippen molar-refractivity contribution < 1.29 is 9.53 Å². The van der Waals surface area contributed by atoms with E-state index in [2.05, 4.69) is 65.3 Å². The van der Waals surface area contributed by atoms with Crippen molar-refractivity contribution in [1.82, 2.24) is 9.88 Å². The van der Waals surface area contributed by atoms with Gasteiger partial charge in [0.25, 0.3) is 0 Å². The Balaban J connectivity index is 1.95. The summed E-state index contributed by atoms with van der Waals surface area (Å²) >= 11 is 0. The number of rotatable bonds is 5. The van der Waals surface area contributed by atoms with Crippen LogP contribution in [0.5, 0.6) is 0 Å². The van der Waals surface area contributed by atoms with E-state index in [-0.39, 0.29) is 5.97 Å². The van der Waals surface area contributed by atoms with E-state index < -0.39 is 0 Å². The van der Waals surface area contributed by atoms with Crippen LogP contribution in [0.2, 0.25) is 0 Å². The molecule has 0 bridgehead atoms. The normalized spacial score (nSPS) is 11.3. The van der Waals surface area contributed by atoms with Crippen LogP contribution in [0.1, 0.15) is 28.5 Å². The van der Waals surface area contributed by atoms with Crippen LogP contribution in [0.4, 0.5) is 0 Å². The van der Waals surface area contributed by atoms with Gasteiger partial charge in [0, 0.05) is 30.2 Å². The second-order valence-electron chi connectivity index (χ2n) is 7.34. The Kier molecular flexibility index (Phi) is 5.12. The molecule has 4 aromatic rings. The van der Waals surface area contributed by atoms with E-state index in [1.54, 1.807) is 0 Å². The Labute approximate surface area is 171 Å². The lowest BCUT2D eigenvalue weighted by molar-refractivity contribution is 0.0527. The third-order valence-corrected chi connectivity index (χ3v) is 5.60. The van der Waals surface area contributed by atoms with Crippen molar-refractivity contribution in [3.8, 4) is 11.1 Å². The first kappa shape index (κ1) is 19.2. The van der Waals surface area contributed by atoms with Crippen LogP contribution in [-0.4, -0.2) is 24.2 Å². The van der Waals surface area contributed by atoms with Crippen molar-refractivity contribution in [2.75, 3.05) is 13.7 Å². The van der Waals surface area contributed by atoms with Gasteiger partial charge in [-0.15, -0.1) is 0 Å². The fourth-order valence-corrected chi connectivity index (χ4v) is 4.16. The molecular weight excluding hydrogens is 360 g/mol. The highest BCUT2D eigenvalue weighted by atomic mass is 16.5. The van der Waals surface area contributed by atoms with Gasteiger partial charge in [0.1, 0.15) is 0 Å². The third kappa shape index (κ3) is 3.19. The van der Waals surface area contributed by atoms with Crippen molar-refractivity contribution in [2.24, 2.45) is 7.05 Å². The van der Waals surface area contributed by atoms with Crippen LogP contribution in [-0.2, 0) is 18.3 Å². The second-order valence-corrected chi connectivity index (χ2v) is 7.34. The number of carbonyl (C=O) groups is 1. The van der Waals surface area contributed by atoms with Crippen LogP contribution < -0.4 is 5.32 Å². The maximum absolute atomic E-state index is 12.7. The van der Waals surface area contributed by atoms with Crippen molar-refractivity contribution >= 4 is 27.6 Å². The summed E-state index contributed by atoms with van der Waals surface area (Å²) in [5.74, 6) is -0.267. The Morgan fingerprint density at radius 3 is 2.52 bits per heavy atom. The van der Waals surface area contributed by atoms with Gasteiger partial charge in [0.15, 0.2) is 0 Å². The van der Waals surface area contributed by atoms with Crippen LogP contribution in [0, 0.1) is 6.92 Å². The first-order valence-electron chi connectivity index (χ1n) is 9.98. The molecule has 0 atom stereocenters. The zero-order valence-corrected chi connectivity index (χ0v) is 17.4. The van der Waals surface area contributed by atoms with E-state index in [9.17, 15) is 4.79 Å². The Morgan fingerprint density at radius 1 is 1.03 bits per heavy atom. The summed E-state index contributed by atoms with van der Waals surface area (Å²) in [5, 5.41) is 6.60. The van der Waals surface area contributed by atoms with Crippen molar-refractivity contribution in [3.05, 3.63) is 71.4 Å². The zero-order valence-electron chi connectivity index (χ0n) is 17.4. The second kappa shape index (κ2) is 7.72. The number of nitrogens with one attached hydrogen (secondary N) is 1. The molecule has 0 saturated heterocycles. The number of nitrogens with zero attached hydrogens (tertiary/aromatic N) is 1. The maximum atomic E-state index is 12.7. The Morgan fingerprint density at radius 2 is 1.79 bits per heavy atom. The molecule has 0 saturated carbocycles. The molecule has 0 unspecified atom stereocenters. The molecule has 0 aliphatic rings. The van der Waals surface area contributed by atoms with E-state index in [4.69, 9.17) is 4.74 Å². The average Bonchev–Trinajstić information content (AvgIpc) is 3.00. The smallest absolute Gasteiger partial charge is 0.340 e. The molecular formula is C25H26N2O2. The lowest BCUT2D eigenvalue weighted by atomic mass is 9.95. The fraction of sp³-hybridized carbons (Fsp3) is 0.240. The average molecular weight is 386 g/mol. The molecule has 0 radical (unpaired) electrons. The van der Waals surface area contributed by atoms with Gasteiger partial charge in [-0.2, -0.15) is 0 Å². The molecule has 0 aliphatic carbocycles. The molecule has 0 aliphatic heterocycles. The highest BCUT2D eigenvalue weighted by molar-refractivity contribution is 6.08. The molecule has 148 valence electrons. The van der Waals surface area contributed by atoms with E-state index in [0.29, 0.717) is 18.7 Å². The molecule has 0 fully saturated rings. The Hall–Kier alpha value is -3.11.